The molecule has 5 rings (SSSR count). The lowest BCUT2D eigenvalue weighted by Crippen LogP contribution is -2.44. The Labute approximate surface area is 142 Å². The number of para-hydroxylation sites is 1. The largest absolute Gasteiger partial charge is 0.353 e. The SMILES string of the molecule is CC1=NC2CC3(CCCCC3)CC(=O)C2c2c1[nH]c1ccccc21. The Hall–Kier alpha value is -1.90. The number of Topliss-reactive ketones (excluding diaryl/α,β-unsaturated/α-hetero) is 1. The molecule has 2 unspecified atom stereocenters. The van der Waals surface area contributed by atoms with Gasteiger partial charge in [-0.25, -0.2) is 0 Å². The molecule has 2 saturated carbocycles. The maximum atomic E-state index is 13.2. The Kier molecular flexibility index (Phi) is 3.04. The van der Waals surface area contributed by atoms with Crippen LogP contribution in [0.2, 0.25) is 0 Å². The second kappa shape index (κ2) is 5.05. The quantitative estimate of drug-likeness (QED) is 0.747. The van der Waals surface area contributed by atoms with Gasteiger partial charge < -0.3 is 4.98 Å². The van der Waals surface area contributed by atoms with Gasteiger partial charge in [0, 0.05) is 17.3 Å². The van der Waals surface area contributed by atoms with Gasteiger partial charge in [-0.2, -0.15) is 0 Å². The van der Waals surface area contributed by atoms with Gasteiger partial charge >= 0.3 is 0 Å². The van der Waals surface area contributed by atoms with Gasteiger partial charge in [0.05, 0.1) is 23.4 Å². The normalized spacial score (nSPS) is 28.5. The van der Waals surface area contributed by atoms with Crippen LogP contribution in [-0.2, 0) is 4.79 Å². The summed E-state index contributed by atoms with van der Waals surface area (Å²) in [6, 6.07) is 8.53. The fraction of sp³-hybridized carbons (Fsp3) is 0.524. The molecule has 2 atom stereocenters. The van der Waals surface area contributed by atoms with Crippen molar-refractivity contribution >= 4 is 22.4 Å². The maximum absolute atomic E-state index is 13.2. The molecule has 0 radical (unpaired) electrons. The summed E-state index contributed by atoms with van der Waals surface area (Å²) in [5.41, 5.74) is 4.75. The van der Waals surface area contributed by atoms with Crippen LogP contribution in [0.4, 0.5) is 0 Å². The molecule has 1 aromatic heterocycles. The molecule has 1 aliphatic heterocycles. The summed E-state index contributed by atoms with van der Waals surface area (Å²) >= 11 is 0. The monoisotopic (exact) mass is 320 g/mol. The minimum absolute atomic E-state index is 0.0348. The molecule has 2 heterocycles. The van der Waals surface area contributed by atoms with E-state index in [9.17, 15) is 4.79 Å². The molecule has 3 nitrogen and oxygen atoms in total. The fourth-order valence-corrected chi connectivity index (χ4v) is 5.57. The molecular weight excluding hydrogens is 296 g/mol. The molecule has 1 aromatic carbocycles. The highest BCUT2D eigenvalue weighted by Gasteiger charge is 2.49. The molecule has 2 aromatic rings. The zero-order chi connectivity index (χ0) is 16.3. The number of nitrogens with one attached hydrogen (secondary N) is 1. The highest BCUT2D eigenvalue weighted by Crippen LogP contribution is 2.52. The molecule has 124 valence electrons. The van der Waals surface area contributed by atoms with Crippen LogP contribution in [-0.4, -0.2) is 22.5 Å². The van der Waals surface area contributed by atoms with Crippen LogP contribution >= 0.6 is 0 Å². The number of ketones is 1. The van der Waals surface area contributed by atoms with Crippen molar-refractivity contribution in [3.8, 4) is 0 Å². The van der Waals surface area contributed by atoms with Gasteiger partial charge in [-0.05, 0) is 43.2 Å². The fourth-order valence-electron chi connectivity index (χ4n) is 5.57. The number of carbonyl (C=O) groups is 1. The van der Waals surface area contributed by atoms with Crippen molar-refractivity contribution in [2.24, 2.45) is 10.4 Å². The Morgan fingerprint density at radius 2 is 1.96 bits per heavy atom. The summed E-state index contributed by atoms with van der Waals surface area (Å²) in [6.07, 6.45) is 8.20. The topological polar surface area (TPSA) is 45.2 Å². The number of H-pyrrole nitrogens is 1. The van der Waals surface area contributed by atoms with Gasteiger partial charge in [0.1, 0.15) is 5.78 Å². The first-order chi connectivity index (χ1) is 11.7. The minimum atomic E-state index is -0.0348. The number of fused-ring (bicyclic) bond motifs is 5. The van der Waals surface area contributed by atoms with E-state index in [-0.39, 0.29) is 17.4 Å². The summed E-state index contributed by atoms with van der Waals surface area (Å²) in [7, 11) is 0. The van der Waals surface area contributed by atoms with E-state index in [1.54, 1.807) is 0 Å². The number of hydrogen-bond acceptors (Lipinski definition) is 2. The highest BCUT2D eigenvalue weighted by atomic mass is 16.1. The van der Waals surface area contributed by atoms with Crippen LogP contribution in [0.1, 0.15) is 69.0 Å². The molecule has 1 N–H and O–H groups in total. The van der Waals surface area contributed by atoms with E-state index >= 15 is 0 Å². The van der Waals surface area contributed by atoms with E-state index in [1.165, 1.54) is 43.1 Å². The van der Waals surface area contributed by atoms with Crippen LogP contribution in [0.15, 0.2) is 29.3 Å². The number of hydrogen-bond donors (Lipinski definition) is 1. The van der Waals surface area contributed by atoms with Crippen molar-refractivity contribution in [3.63, 3.8) is 0 Å². The molecule has 2 aliphatic carbocycles. The van der Waals surface area contributed by atoms with E-state index < -0.39 is 0 Å². The number of carbonyl (C=O) groups excluding carboxylic acids is 1. The summed E-state index contributed by atoms with van der Waals surface area (Å²) in [4.78, 5) is 21.7. The molecule has 24 heavy (non-hydrogen) atoms. The van der Waals surface area contributed by atoms with Crippen molar-refractivity contribution in [2.45, 2.75) is 63.8 Å². The number of nitrogens with zero attached hydrogens (tertiary/aromatic N) is 1. The van der Waals surface area contributed by atoms with Gasteiger partial charge in [0.2, 0.25) is 0 Å². The average Bonchev–Trinajstić information content (AvgIpc) is 2.95. The smallest absolute Gasteiger partial charge is 0.143 e. The first-order valence-electron chi connectivity index (χ1n) is 9.35. The number of benzene rings is 1. The lowest BCUT2D eigenvalue weighted by Gasteiger charge is -2.46. The highest BCUT2D eigenvalue weighted by molar-refractivity contribution is 6.09. The Morgan fingerprint density at radius 3 is 2.79 bits per heavy atom. The molecule has 0 saturated heterocycles. The van der Waals surface area contributed by atoms with Crippen molar-refractivity contribution in [3.05, 3.63) is 35.5 Å². The summed E-state index contributed by atoms with van der Waals surface area (Å²) in [5.74, 6) is 0.391. The van der Waals surface area contributed by atoms with Gasteiger partial charge in [0.25, 0.3) is 0 Å². The first-order valence-corrected chi connectivity index (χ1v) is 9.35. The van der Waals surface area contributed by atoms with Crippen LogP contribution < -0.4 is 0 Å². The molecule has 0 bridgehead atoms. The van der Waals surface area contributed by atoms with Crippen LogP contribution in [0, 0.1) is 5.41 Å². The number of rotatable bonds is 0. The average molecular weight is 320 g/mol. The maximum Gasteiger partial charge on any atom is 0.143 e. The van der Waals surface area contributed by atoms with Crippen LogP contribution in [0.5, 0.6) is 0 Å². The van der Waals surface area contributed by atoms with Gasteiger partial charge in [0.15, 0.2) is 0 Å². The molecule has 3 heteroatoms. The van der Waals surface area contributed by atoms with Crippen LogP contribution in [0.25, 0.3) is 10.9 Å². The van der Waals surface area contributed by atoms with Crippen LogP contribution in [0.3, 0.4) is 0 Å². The third kappa shape index (κ3) is 1.96. The van der Waals surface area contributed by atoms with E-state index in [0.29, 0.717) is 5.78 Å². The third-order valence-corrected chi connectivity index (χ3v) is 6.62. The molecule has 1 spiro atoms. The third-order valence-electron chi connectivity index (χ3n) is 6.62. The van der Waals surface area contributed by atoms with E-state index in [2.05, 4.69) is 30.1 Å². The Balaban J connectivity index is 1.63. The lowest BCUT2D eigenvalue weighted by molar-refractivity contribution is -0.127. The minimum Gasteiger partial charge on any atom is -0.353 e. The summed E-state index contributed by atoms with van der Waals surface area (Å²) in [6.45, 7) is 2.09. The van der Waals surface area contributed by atoms with E-state index in [0.717, 1.165) is 29.8 Å². The molecular formula is C21H24N2O. The molecule has 3 aliphatic rings. The van der Waals surface area contributed by atoms with E-state index in [4.69, 9.17) is 4.99 Å². The van der Waals surface area contributed by atoms with Gasteiger partial charge in [-0.15, -0.1) is 0 Å². The van der Waals surface area contributed by atoms with Gasteiger partial charge in [-0.1, -0.05) is 37.5 Å². The number of aromatic amines is 1. The first kappa shape index (κ1) is 14.4. The predicted octanol–water partition coefficient (Wildman–Crippen LogP) is 4.76. The second-order valence-electron chi connectivity index (χ2n) is 8.13. The zero-order valence-corrected chi connectivity index (χ0v) is 14.3. The van der Waals surface area contributed by atoms with Gasteiger partial charge in [-0.3, -0.25) is 9.79 Å². The zero-order valence-electron chi connectivity index (χ0n) is 14.3. The lowest BCUT2D eigenvalue weighted by atomic mass is 9.59. The van der Waals surface area contributed by atoms with Crippen molar-refractivity contribution < 1.29 is 4.79 Å². The van der Waals surface area contributed by atoms with Crippen molar-refractivity contribution in [1.29, 1.82) is 0 Å². The number of aromatic nitrogens is 1. The van der Waals surface area contributed by atoms with Crippen molar-refractivity contribution in [2.75, 3.05) is 0 Å². The molecule has 2 fully saturated rings. The second-order valence-corrected chi connectivity index (χ2v) is 8.13. The summed E-state index contributed by atoms with van der Waals surface area (Å²) < 4.78 is 0. The van der Waals surface area contributed by atoms with E-state index in [1.807, 2.05) is 6.07 Å². The molecule has 0 amide bonds. The number of aliphatic imine (C=N–C) groups is 1. The Morgan fingerprint density at radius 1 is 1.17 bits per heavy atom. The Bertz CT molecular complexity index is 854. The predicted molar refractivity (Wildman–Crippen MR) is 96.8 cm³/mol. The summed E-state index contributed by atoms with van der Waals surface area (Å²) in [5, 5.41) is 1.21. The standard InChI is InChI=1S/C21H24N2O/c1-13-20-18(14-7-3-4-8-15(14)23-20)19-16(22-13)11-21(12-17(19)24)9-5-2-6-10-21/h3-4,7-8,16,19,23H,2,5-6,9-12H2,1H3. The van der Waals surface area contributed by atoms with Crippen molar-refractivity contribution in [1.82, 2.24) is 4.98 Å².